The van der Waals surface area contributed by atoms with Crippen LogP contribution in [-0.2, 0) is 12.8 Å². The minimum Gasteiger partial charge on any atom is -0.489 e. The van der Waals surface area contributed by atoms with Gasteiger partial charge in [0.25, 0.3) is 0 Å². The predicted octanol–water partition coefficient (Wildman–Crippen LogP) is 5.40. The van der Waals surface area contributed by atoms with Crippen LogP contribution in [0.4, 0.5) is 8.78 Å². The van der Waals surface area contributed by atoms with Gasteiger partial charge in [0.05, 0.1) is 0 Å². The molecule has 0 aliphatic carbocycles. The van der Waals surface area contributed by atoms with Crippen molar-refractivity contribution in [1.82, 2.24) is 9.88 Å². The zero-order valence-corrected chi connectivity index (χ0v) is 20.2. The molecule has 0 saturated heterocycles. The van der Waals surface area contributed by atoms with E-state index in [0.29, 0.717) is 24.2 Å². The number of primary amides is 1. The highest BCUT2D eigenvalue weighted by molar-refractivity contribution is 5.95. The summed E-state index contributed by atoms with van der Waals surface area (Å²) in [6, 6.07) is 7.52. The number of hydrogen-bond donors (Lipinski definition) is 2. The van der Waals surface area contributed by atoms with Crippen molar-refractivity contribution in [1.29, 1.82) is 0 Å². The number of H-pyrrole nitrogens is 1. The number of hydrogen-bond acceptors (Lipinski definition) is 3. The lowest BCUT2D eigenvalue weighted by molar-refractivity contribution is 0.0983. The van der Waals surface area contributed by atoms with E-state index < -0.39 is 11.7 Å². The number of fused-ring (bicyclic) bond motifs is 2. The summed E-state index contributed by atoms with van der Waals surface area (Å²) in [6.07, 6.45) is 7.50. The molecule has 0 fully saturated rings. The Balaban J connectivity index is 0.00000324. The molecule has 3 aromatic rings. The van der Waals surface area contributed by atoms with Gasteiger partial charge in [-0.25, -0.2) is 8.78 Å². The summed E-state index contributed by atoms with van der Waals surface area (Å²) in [5.74, 6) is -1.12. The Hall–Kier alpha value is -2.64. The third-order valence-electron chi connectivity index (χ3n) is 6.52. The molecule has 2 aromatic carbocycles. The van der Waals surface area contributed by atoms with Gasteiger partial charge in [-0.1, -0.05) is 19.8 Å². The number of amides is 1. The first-order valence-electron chi connectivity index (χ1n) is 11.7. The largest absolute Gasteiger partial charge is 0.489 e. The summed E-state index contributed by atoms with van der Waals surface area (Å²) >= 11 is 0. The fourth-order valence-electron chi connectivity index (χ4n) is 4.77. The zero-order chi connectivity index (χ0) is 23.4. The number of nitrogens with zero attached hydrogens (tertiary/aromatic N) is 1. The van der Waals surface area contributed by atoms with E-state index in [-0.39, 0.29) is 30.0 Å². The molecule has 1 atom stereocenters. The zero-order valence-electron chi connectivity index (χ0n) is 19.4. The summed E-state index contributed by atoms with van der Waals surface area (Å²) in [4.78, 5) is 17.5. The average Bonchev–Trinajstić information content (AvgIpc) is 3.20. The van der Waals surface area contributed by atoms with E-state index in [1.54, 1.807) is 12.1 Å². The number of nitrogens with two attached hydrogens (primary N) is 1. The third kappa shape index (κ3) is 5.70. The van der Waals surface area contributed by atoms with Gasteiger partial charge in [0, 0.05) is 34.3 Å². The minimum absolute atomic E-state index is 0. The number of aromatic nitrogens is 1. The molecule has 5 nitrogen and oxygen atoms in total. The van der Waals surface area contributed by atoms with Gasteiger partial charge in [0.1, 0.15) is 12.4 Å². The molecule has 1 unspecified atom stereocenters. The van der Waals surface area contributed by atoms with Gasteiger partial charge in [-0.2, -0.15) is 0 Å². The van der Waals surface area contributed by atoms with Crippen LogP contribution in [0, 0.1) is 11.6 Å². The van der Waals surface area contributed by atoms with Crippen LogP contribution >= 0.6 is 12.4 Å². The van der Waals surface area contributed by atoms with Gasteiger partial charge in [-0.3, -0.25) is 9.69 Å². The number of unbranched alkanes of at least 4 members (excludes halogenated alkanes) is 2. The molecule has 1 amide bonds. The maximum absolute atomic E-state index is 14.3. The lowest BCUT2D eigenvalue weighted by atomic mass is 9.95. The van der Waals surface area contributed by atoms with Gasteiger partial charge >= 0.3 is 0 Å². The van der Waals surface area contributed by atoms with Crippen molar-refractivity contribution in [3.8, 4) is 5.75 Å². The quantitative estimate of drug-likeness (QED) is 0.373. The fraction of sp³-hybridized carbons (Fsp3) is 0.423. The van der Waals surface area contributed by atoms with Crippen LogP contribution in [0.5, 0.6) is 5.75 Å². The lowest BCUT2D eigenvalue weighted by Crippen LogP contribution is -2.45. The van der Waals surface area contributed by atoms with E-state index in [1.807, 2.05) is 6.20 Å². The summed E-state index contributed by atoms with van der Waals surface area (Å²) in [5, 5.41) is 0.920. The molecule has 34 heavy (non-hydrogen) atoms. The van der Waals surface area contributed by atoms with E-state index in [9.17, 15) is 13.6 Å². The van der Waals surface area contributed by atoms with Crippen molar-refractivity contribution in [2.75, 3.05) is 19.7 Å². The molecule has 8 heteroatoms. The number of nitrogens with one attached hydrogen (secondary N) is 1. The summed E-state index contributed by atoms with van der Waals surface area (Å²) in [7, 11) is 0. The first kappa shape index (κ1) is 26.0. The van der Waals surface area contributed by atoms with Crippen molar-refractivity contribution in [2.24, 2.45) is 5.73 Å². The number of rotatable bonds is 10. The van der Waals surface area contributed by atoms with E-state index in [2.05, 4.69) is 16.8 Å². The number of ether oxygens (including phenoxy) is 1. The van der Waals surface area contributed by atoms with Crippen LogP contribution in [0.3, 0.4) is 0 Å². The molecule has 0 saturated carbocycles. The molecule has 4 rings (SSSR count). The second-order valence-corrected chi connectivity index (χ2v) is 8.79. The highest BCUT2D eigenvalue weighted by atomic mass is 35.5. The SMILES string of the molecule is CCCCCN(CCCc1c[nH]c2ccc(F)cc12)C1COc2c(F)ccc(C(N)=O)c2C1.Cl. The van der Waals surface area contributed by atoms with Crippen LogP contribution in [0.2, 0.25) is 0 Å². The summed E-state index contributed by atoms with van der Waals surface area (Å²) < 4.78 is 33.8. The lowest BCUT2D eigenvalue weighted by Gasteiger charge is -2.36. The first-order valence-corrected chi connectivity index (χ1v) is 11.7. The van der Waals surface area contributed by atoms with Crippen LogP contribution in [0.25, 0.3) is 10.9 Å². The van der Waals surface area contributed by atoms with Gasteiger partial charge in [-0.15, -0.1) is 12.4 Å². The Bertz CT molecular complexity index is 1130. The van der Waals surface area contributed by atoms with Crippen molar-refractivity contribution in [3.05, 3.63) is 64.9 Å². The first-order chi connectivity index (χ1) is 16.0. The number of aryl methyl sites for hydroxylation is 1. The maximum atomic E-state index is 14.3. The summed E-state index contributed by atoms with van der Waals surface area (Å²) in [6.45, 7) is 4.27. The van der Waals surface area contributed by atoms with Gasteiger partial charge < -0.3 is 15.5 Å². The number of benzene rings is 2. The average molecular weight is 492 g/mol. The number of aromatic amines is 1. The van der Waals surface area contributed by atoms with E-state index in [4.69, 9.17) is 10.5 Å². The van der Waals surface area contributed by atoms with E-state index >= 15 is 0 Å². The van der Waals surface area contributed by atoms with E-state index in [1.165, 1.54) is 18.2 Å². The molecule has 0 spiro atoms. The Morgan fingerprint density at radius 3 is 2.74 bits per heavy atom. The molecule has 1 aromatic heterocycles. The van der Waals surface area contributed by atoms with E-state index in [0.717, 1.165) is 61.7 Å². The maximum Gasteiger partial charge on any atom is 0.249 e. The fourth-order valence-corrected chi connectivity index (χ4v) is 4.77. The monoisotopic (exact) mass is 491 g/mol. The highest BCUT2D eigenvalue weighted by Gasteiger charge is 2.30. The number of carbonyl (C=O) groups is 1. The predicted molar refractivity (Wildman–Crippen MR) is 133 cm³/mol. The Labute approximate surface area is 205 Å². The molecule has 3 N–H and O–H groups in total. The number of halogens is 3. The van der Waals surface area contributed by atoms with Gasteiger partial charge in [-0.05, 0) is 74.7 Å². The third-order valence-corrected chi connectivity index (χ3v) is 6.52. The summed E-state index contributed by atoms with van der Waals surface area (Å²) in [5.41, 5.74) is 8.46. The molecule has 2 heterocycles. The van der Waals surface area contributed by atoms with Gasteiger partial charge in [0.15, 0.2) is 11.6 Å². The van der Waals surface area contributed by atoms with Crippen LogP contribution in [0.15, 0.2) is 36.5 Å². The molecular formula is C26H32ClF2N3O2. The van der Waals surface area contributed by atoms with Crippen LogP contribution in [-0.4, -0.2) is 41.5 Å². The van der Waals surface area contributed by atoms with Crippen LogP contribution in [0.1, 0.15) is 54.1 Å². The standard InChI is InChI=1S/C26H31F2N3O2.ClH/c1-2-3-4-11-31(12-5-6-17-15-30-24-10-7-18(27)13-21(17)24)19-14-22-20(26(29)32)8-9-23(28)25(22)33-16-19;/h7-10,13,15,19,30H,2-6,11-12,14,16H2,1H3,(H2,29,32);1H. The normalized spacial score (nSPS) is 15.1. The second-order valence-electron chi connectivity index (χ2n) is 8.79. The Morgan fingerprint density at radius 2 is 1.97 bits per heavy atom. The molecule has 1 aliphatic heterocycles. The Morgan fingerprint density at radius 1 is 1.18 bits per heavy atom. The van der Waals surface area contributed by atoms with Gasteiger partial charge in [0.2, 0.25) is 5.91 Å². The topological polar surface area (TPSA) is 71.3 Å². The molecule has 0 bridgehead atoms. The highest BCUT2D eigenvalue weighted by Crippen LogP contribution is 2.32. The van der Waals surface area contributed by atoms with Crippen LogP contribution < -0.4 is 10.5 Å². The van der Waals surface area contributed by atoms with Crippen molar-refractivity contribution < 1.29 is 18.3 Å². The molecule has 184 valence electrons. The minimum atomic E-state index is -0.570. The molecule has 0 radical (unpaired) electrons. The van der Waals surface area contributed by atoms with Crippen molar-refractivity contribution >= 4 is 29.2 Å². The van der Waals surface area contributed by atoms with Crippen molar-refractivity contribution in [2.45, 2.75) is 51.5 Å². The van der Waals surface area contributed by atoms with Crippen molar-refractivity contribution in [3.63, 3.8) is 0 Å². The molecular weight excluding hydrogens is 460 g/mol. The molecule has 1 aliphatic rings. The smallest absolute Gasteiger partial charge is 0.249 e. The second kappa shape index (κ2) is 11.7. The number of carbonyl (C=O) groups excluding carboxylic acids is 1. The Kier molecular flexibility index (Phi) is 8.91.